The van der Waals surface area contributed by atoms with Crippen molar-refractivity contribution in [3.8, 4) is 0 Å². The number of unbranched alkanes of at least 4 members (excludes halogenated alkanes) is 11. The molecule has 4 N–H and O–H groups in total. The molecular weight excluding hydrogens is 837 g/mol. The summed E-state index contributed by atoms with van der Waals surface area (Å²) in [5, 5.41) is 30.7. The molecular formula is C51H84O12S. The Labute approximate surface area is 386 Å². The van der Waals surface area contributed by atoms with Crippen molar-refractivity contribution < 1.29 is 56.2 Å². The maximum Gasteiger partial charge on any atom is 0.397 e. The van der Waals surface area contributed by atoms with E-state index >= 15 is 0 Å². The van der Waals surface area contributed by atoms with Crippen molar-refractivity contribution in [2.75, 3.05) is 26.4 Å². The third-order valence-corrected chi connectivity index (χ3v) is 10.7. The van der Waals surface area contributed by atoms with Crippen molar-refractivity contribution in [2.45, 2.75) is 192 Å². The highest BCUT2D eigenvalue weighted by atomic mass is 32.3. The van der Waals surface area contributed by atoms with E-state index in [1.54, 1.807) is 0 Å². The van der Waals surface area contributed by atoms with Gasteiger partial charge in [-0.3, -0.25) is 9.35 Å². The van der Waals surface area contributed by atoms with Crippen molar-refractivity contribution in [3.63, 3.8) is 0 Å². The van der Waals surface area contributed by atoms with Gasteiger partial charge in [0, 0.05) is 13.0 Å². The maximum atomic E-state index is 12.9. The Balaban J connectivity index is 2.44. The molecule has 1 heterocycles. The Morgan fingerprint density at radius 2 is 1.03 bits per heavy atom. The topological polar surface area (TPSA) is 178 Å². The molecule has 13 heteroatoms. The highest BCUT2D eigenvalue weighted by molar-refractivity contribution is 7.80. The van der Waals surface area contributed by atoms with Crippen molar-refractivity contribution in [3.05, 3.63) is 97.2 Å². The third kappa shape index (κ3) is 34.4. The quantitative estimate of drug-likeness (QED) is 0.0198. The van der Waals surface area contributed by atoms with E-state index in [-0.39, 0.29) is 19.6 Å². The average Bonchev–Trinajstić information content (AvgIpc) is 3.27. The Kier molecular flexibility index (Phi) is 38.2. The monoisotopic (exact) mass is 921 g/mol. The van der Waals surface area contributed by atoms with Gasteiger partial charge in [-0.1, -0.05) is 156 Å². The fraction of sp³-hybridized carbons (Fsp3) is 0.667. The smallest absolute Gasteiger partial charge is 0.397 e. The van der Waals surface area contributed by atoms with Crippen LogP contribution in [0.4, 0.5) is 0 Å². The fourth-order valence-electron chi connectivity index (χ4n) is 6.65. The SMILES string of the molecule is CC/C=C\C/C=C\C/C=C\C/C=C\CCCCCCCCC(=O)OC(COCCCCCCC/C=C\C/C=C\C/C=C\C/C=C\CC)COC1OC(CO)C(O)C(OS(=O)(=O)O)C1O. The number of aliphatic hydroxyl groups excluding tert-OH is 3. The zero-order valence-electron chi connectivity index (χ0n) is 39.0. The molecule has 64 heavy (non-hydrogen) atoms. The van der Waals surface area contributed by atoms with Crippen LogP contribution in [-0.2, 0) is 38.3 Å². The third-order valence-electron chi connectivity index (χ3n) is 10.2. The number of hydrogen-bond acceptors (Lipinski definition) is 11. The summed E-state index contributed by atoms with van der Waals surface area (Å²) >= 11 is 0. The molecule has 0 radical (unpaired) electrons. The van der Waals surface area contributed by atoms with Gasteiger partial charge in [-0.15, -0.1) is 0 Å². The number of rotatable bonds is 40. The van der Waals surface area contributed by atoms with Crippen LogP contribution in [0.25, 0.3) is 0 Å². The molecule has 0 bridgehead atoms. The molecule has 1 rings (SSSR count). The summed E-state index contributed by atoms with van der Waals surface area (Å²) in [7, 11) is -5.07. The van der Waals surface area contributed by atoms with Crippen LogP contribution < -0.4 is 0 Å². The van der Waals surface area contributed by atoms with Gasteiger partial charge in [0.2, 0.25) is 0 Å². The lowest BCUT2D eigenvalue weighted by molar-refractivity contribution is -0.301. The Morgan fingerprint density at radius 1 is 0.594 bits per heavy atom. The van der Waals surface area contributed by atoms with Gasteiger partial charge in [-0.2, -0.15) is 8.42 Å². The van der Waals surface area contributed by atoms with E-state index in [1.165, 1.54) is 0 Å². The molecule has 6 atom stereocenters. The van der Waals surface area contributed by atoms with Gasteiger partial charge < -0.3 is 34.3 Å². The molecule has 0 spiro atoms. The highest BCUT2D eigenvalue weighted by Gasteiger charge is 2.48. The zero-order valence-corrected chi connectivity index (χ0v) is 39.9. The number of allylic oxidation sites excluding steroid dienone is 16. The molecule has 1 aliphatic heterocycles. The second-order valence-electron chi connectivity index (χ2n) is 15.9. The van der Waals surface area contributed by atoms with Crippen LogP contribution in [0, 0.1) is 0 Å². The normalized spacial score (nSPS) is 20.6. The molecule has 1 saturated heterocycles. The predicted octanol–water partition coefficient (Wildman–Crippen LogP) is 10.6. The summed E-state index contributed by atoms with van der Waals surface area (Å²) in [6, 6.07) is 0. The molecule has 0 saturated carbocycles. The van der Waals surface area contributed by atoms with E-state index in [1.807, 2.05) is 0 Å². The minimum absolute atomic E-state index is 0.0106. The van der Waals surface area contributed by atoms with Gasteiger partial charge >= 0.3 is 16.4 Å². The molecule has 1 fully saturated rings. The lowest BCUT2D eigenvalue weighted by Gasteiger charge is -2.41. The first kappa shape index (κ1) is 59.0. The number of aliphatic hydroxyl groups is 3. The van der Waals surface area contributed by atoms with Gasteiger partial charge in [0.05, 0.1) is 19.8 Å². The Morgan fingerprint density at radius 3 is 1.50 bits per heavy atom. The summed E-state index contributed by atoms with van der Waals surface area (Å²) < 4.78 is 59.1. The van der Waals surface area contributed by atoms with Crippen molar-refractivity contribution in [1.82, 2.24) is 0 Å². The first-order chi connectivity index (χ1) is 31.1. The van der Waals surface area contributed by atoms with Crippen LogP contribution in [0.2, 0.25) is 0 Å². The summed E-state index contributed by atoms with van der Waals surface area (Å²) in [6.45, 7) is 3.68. The summed E-state index contributed by atoms with van der Waals surface area (Å²) in [5.41, 5.74) is 0. The second-order valence-corrected chi connectivity index (χ2v) is 17.0. The average molecular weight is 921 g/mol. The van der Waals surface area contributed by atoms with Gasteiger partial charge in [0.15, 0.2) is 6.29 Å². The van der Waals surface area contributed by atoms with E-state index in [9.17, 15) is 33.1 Å². The lowest BCUT2D eigenvalue weighted by atomic mass is 9.99. The number of esters is 1. The Hall–Kier alpha value is -2.98. The fourth-order valence-corrected chi connectivity index (χ4v) is 7.16. The van der Waals surface area contributed by atoms with Crippen LogP contribution in [0.3, 0.4) is 0 Å². The maximum absolute atomic E-state index is 12.9. The van der Waals surface area contributed by atoms with E-state index in [0.29, 0.717) is 13.0 Å². The minimum atomic E-state index is -5.07. The highest BCUT2D eigenvalue weighted by Crippen LogP contribution is 2.26. The van der Waals surface area contributed by atoms with Crippen LogP contribution >= 0.6 is 0 Å². The first-order valence-electron chi connectivity index (χ1n) is 24.0. The number of carbonyl (C=O) groups excluding carboxylic acids is 1. The Bertz CT molecular complexity index is 1480. The molecule has 0 aromatic heterocycles. The van der Waals surface area contributed by atoms with Crippen LogP contribution in [0.1, 0.15) is 155 Å². The van der Waals surface area contributed by atoms with Crippen molar-refractivity contribution >= 4 is 16.4 Å². The van der Waals surface area contributed by atoms with Crippen LogP contribution in [0.5, 0.6) is 0 Å². The lowest BCUT2D eigenvalue weighted by Crippen LogP contribution is -2.60. The number of carbonyl (C=O) groups is 1. The predicted molar refractivity (Wildman–Crippen MR) is 257 cm³/mol. The molecule has 0 aromatic carbocycles. The number of hydrogen-bond donors (Lipinski definition) is 4. The molecule has 0 aromatic rings. The van der Waals surface area contributed by atoms with E-state index < -0.39 is 59.8 Å². The first-order valence-corrected chi connectivity index (χ1v) is 25.4. The molecule has 6 unspecified atom stereocenters. The summed E-state index contributed by atoms with van der Waals surface area (Å²) in [6.07, 6.45) is 47.2. The zero-order chi connectivity index (χ0) is 46.8. The second kappa shape index (κ2) is 41.5. The van der Waals surface area contributed by atoms with Gasteiger partial charge in [-0.05, 0) is 89.9 Å². The van der Waals surface area contributed by atoms with Crippen LogP contribution in [-0.4, -0.2) is 97.5 Å². The van der Waals surface area contributed by atoms with Crippen LogP contribution in [0.15, 0.2) is 97.2 Å². The molecule has 0 aliphatic carbocycles. The van der Waals surface area contributed by atoms with E-state index in [2.05, 4.69) is 115 Å². The summed E-state index contributed by atoms with van der Waals surface area (Å²) in [4.78, 5) is 12.9. The molecule has 0 amide bonds. The molecule has 12 nitrogen and oxygen atoms in total. The van der Waals surface area contributed by atoms with Gasteiger partial charge in [0.1, 0.15) is 30.5 Å². The molecule has 366 valence electrons. The van der Waals surface area contributed by atoms with Gasteiger partial charge in [0.25, 0.3) is 0 Å². The van der Waals surface area contributed by atoms with E-state index in [0.717, 1.165) is 128 Å². The standard InChI is InChI=1S/C51H84O12S/c1-3-5-7-9-11-13-15-17-19-21-23-24-26-28-30-32-34-36-38-40-47(53)61-45(44-60-51-49(55)50(63-64(56,57)58)48(54)46(42-52)62-51)43-59-41-39-37-35-33-31-29-27-25-22-20-18-16-14-12-10-8-6-4-2/h5-8,11-14,17-20,23-25,27,45-46,48-52,54-55H,3-4,9-10,15-16,21-22,26,28-44H2,1-2H3,(H,56,57,58)/b7-5-,8-6-,13-11-,14-12-,19-17-,20-18-,24-23-,27-25-. The number of ether oxygens (including phenoxy) is 4. The van der Waals surface area contributed by atoms with Gasteiger partial charge in [-0.25, -0.2) is 4.18 Å². The van der Waals surface area contributed by atoms with E-state index in [4.69, 9.17) is 18.9 Å². The van der Waals surface area contributed by atoms with Crippen molar-refractivity contribution in [1.29, 1.82) is 0 Å². The summed E-state index contributed by atoms with van der Waals surface area (Å²) in [5.74, 6) is -0.425. The molecule has 1 aliphatic rings. The largest absolute Gasteiger partial charge is 0.457 e. The minimum Gasteiger partial charge on any atom is -0.457 e. The van der Waals surface area contributed by atoms with Crippen molar-refractivity contribution in [2.24, 2.45) is 0 Å².